The molecule has 1 aliphatic heterocycles. The number of carbonyl (C=O) groups excluding carboxylic acids is 3. The lowest BCUT2D eigenvalue weighted by Crippen LogP contribution is -2.54. The number of rotatable bonds is 5. The van der Waals surface area contributed by atoms with Gasteiger partial charge in [-0.25, -0.2) is 4.98 Å². The first-order valence-corrected chi connectivity index (χ1v) is 9.37. The largest absolute Gasteiger partial charge is 0.369 e. The van der Waals surface area contributed by atoms with Crippen molar-refractivity contribution in [2.75, 3.05) is 18.4 Å². The fraction of sp³-hybridized carbons (Fsp3) is 0.400. The van der Waals surface area contributed by atoms with Crippen LogP contribution < -0.4 is 11.1 Å². The number of hydrogen-bond donors (Lipinski definition) is 2. The molecule has 2 aliphatic rings. The van der Waals surface area contributed by atoms with Crippen molar-refractivity contribution in [2.45, 2.75) is 25.7 Å². The standard InChI is InChI=1S/C20H23N5O3/c1-11-15(8-16(24(11)2)12-3-4-12)19(27)23-17-7-13(5-6-22-17)20(28)25-9-14(10-25)18(21)26/h5-8,12,14H,3-4,9-10H2,1-2H3,(H2,21,26)(H,22,23,27). The Morgan fingerprint density at radius 1 is 1.21 bits per heavy atom. The first-order chi connectivity index (χ1) is 13.3. The van der Waals surface area contributed by atoms with Gasteiger partial charge in [0, 0.05) is 43.3 Å². The molecule has 0 atom stereocenters. The molecule has 0 unspecified atom stereocenters. The van der Waals surface area contributed by atoms with Crippen molar-refractivity contribution in [1.82, 2.24) is 14.5 Å². The molecule has 0 aromatic carbocycles. The number of nitrogens with one attached hydrogen (secondary N) is 1. The topological polar surface area (TPSA) is 110 Å². The molecule has 3 amide bonds. The van der Waals surface area contributed by atoms with Crippen LogP contribution in [0, 0.1) is 12.8 Å². The average Bonchev–Trinajstić information content (AvgIpc) is 3.40. The summed E-state index contributed by atoms with van der Waals surface area (Å²) in [7, 11) is 1.98. The summed E-state index contributed by atoms with van der Waals surface area (Å²) in [5, 5.41) is 2.79. The molecular weight excluding hydrogens is 358 g/mol. The van der Waals surface area contributed by atoms with Gasteiger partial charge in [0.2, 0.25) is 5.91 Å². The SMILES string of the molecule is Cc1c(C(=O)Nc2cc(C(=O)N3CC(C(N)=O)C3)ccn2)cc(C2CC2)n1C. The third-order valence-electron chi connectivity index (χ3n) is 5.63. The molecule has 1 saturated heterocycles. The first-order valence-electron chi connectivity index (χ1n) is 9.37. The highest BCUT2D eigenvalue weighted by Gasteiger charge is 2.35. The van der Waals surface area contributed by atoms with E-state index in [-0.39, 0.29) is 17.7 Å². The maximum absolute atomic E-state index is 12.7. The van der Waals surface area contributed by atoms with Gasteiger partial charge in [0.05, 0.1) is 11.5 Å². The smallest absolute Gasteiger partial charge is 0.258 e. The number of nitrogens with two attached hydrogens (primary N) is 1. The van der Waals surface area contributed by atoms with E-state index in [1.807, 2.05) is 20.0 Å². The molecule has 2 fully saturated rings. The summed E-state index contributed by atoms with van der Waals surface area (Å²) < 4.78 is 2.07. The van der Waals surface area contributed by atoms with E-state index >= 15 is 0 Å². The predicted octanol–water partition coefficient (Wildman–Crippen LogP) is 1.42. The van der Waals surface area contributed by atoms with Gasteiger partial charge in [-0.2, -0.15) is 0 Å². The van der Waals surface area contributed by atoms with Crippen molar-refractivity contribution in [3.8, 4) is 0 Å². The Kier molecular flexibility index (Phi) is 4.41. The molecule has 1 aliphatic carbocycles. The molecule has 28 heavy (non-hydrogen) atoms. The van der Waals surface area contributed by atoms with E-state index in [1.54, 1.807) is 17.0 Å². The van der Waals surface area contributed by atoms with Crippen LogP contribution >= 0.6 is 0 Å². The van der Waals surface area contributed by atoms with Gasteiger partial charge in [0.25, 0.3) is 11.8 Å². The molecule has 146 valence electrons. The van der Waals surface area contributed by atoms with Crippen molar-refractivity contribution >= 4 is 23.5 Å². The zero-order valence-electron chi connectivity index (χ0n) is 15.9. The predicted molar refractivity (Wildman–Crippen MR) is 103 cm³/mol. The van der Waals surface area contributed by atoms with E-state index < -0.39 is 5.91 Å². The van der Waals surface area contributed by atoms with Crippen LogP contribution in [0.2, 0.25) is 0 Å². The molecular formula is C20H23N5O3. The fourth-order valence-electron chi connectivity index (χ4n) is 3.55. The Morgan fingerprint density at radius 2 is 1.93 bits per heavy atom. The Balaban J connectivity index is 1.46. The third kappa shape index (κ3) is 3.26. The summed E-state index contributed by atoms with van der Waals surface area (Å²) >= 11 is 0. The van der Waals surface area contributed by atoms with Gasteiger partial charge in [-0.3, -0.25) is 14.4 Å². The Morgan fingerprint density at radius 3 is 2.57 bits per heavy atom. The van der Waals surface area contributed by atoms with Crippen LogP contribution in [0.25, 0.3) is 0 Å². The van der Waals surface area contributed by atoms with Crippen molar-refractivity contribution in [1.29, 1.82) is 0 Å². The molecule has 8 nitrogen and oxygen atoms in total. The van der Waals surface area contributed by atoms with Crippen LogP contribution in [0.5, 0.6) is 0 Å². The summed E-state index contributed by atoms with van der Waals surface area (Å²) in [5.41, 5.74) is 8.37. The average molecular weight is 381 g/mol. The van der Waals surface area contributed by atoms with E-state index in [2.05, 4.69) is 14.9 Å². The van der Waals surface area contributed by atoms with E-state index in [0.717, 1.165) is 18.5 Å². The van der Waals surface area contributed by atoms with Crippen LogP contribution in [0.1, 0.15) is 50.9 Å². The molecule has 3 N–H and O–H groups in total. The second kappa shape index (κ2) is 6.78. The zero-order chi connectivity index (χ0) is 20.0. The van der Waals surface area contributed by atoms with Crippen LogP contribution in [0.4, 0.5) is 5.82 Å². The van der Waals surface area contributed by atoms with E-state index in [9.17, 15) is 14.4 Å². The minimum Gasteiger partial charge on any atom is -0.369 e. The lowest BCUT2D eigenvalue weighted by Gasteiger charge is -2.37. The van der Waals surface area contributed by atoms with E-state index in [1.165, 1.54) is 11.9 Å². The monoisotopic (exact) mass is 381 g/mol. The molecule has 3 heterocycles. The maximum Gasteiger partial charge on any atom is 0.258 e. The van der Waals surface area contributed by atoms with Crippen molar-refractivity contribution in [3.05, 3.63) is 46.9 Å². The van der Waals surface area contributed by atoms with Gasteiger partial charge in [-0.05, 0) is 43.9 Å². The number of amides is 3. The van der Waals surface area contributed by atoms with E-state index in [4.69, 9.17) is 5.73 Å². The van der Waals surface area contributed by atoms with Gasteiger partial charge < -0.3 is 20.5 Å². The fourth-order valence-corrected chi connectivity index (χ4v) is 3.55. The number of anilines is 1. The molecule has 0 spiro atoms. The highest BCUT2D eigenvalue weighted by Crippen LogP contribution is 2.41. The minimum atomic E-state index is -0.393. The lowest BCUT2D eigenvalue weighted by atomic mass is 9.98. The zero-order valence-corrected chi connectivity index (χ0v) is 15.9. The summed E-state index contributed by atoms with van der Waals surface area (Å²) in [6, 6.07) is 5.09. The Hall–Kier alpha value is -3.16. The molecule has 0 radical (unpaired) electrons. The molecule has 0 bridgehead atoms. The number of primary amides is 1. The second-order valence-corrected chi connectivity index (χ2v) is 7.59. The summed E-state index contributed by atoms with van der Waals surface area (Å²) in [5.74, 6) is -0.261. The molecule has 8 heteroatoms. The summed E-state index contributed by atoms with van der Waals surface area (Å²) in [4.78, 5) is 42.1. The highest BCUT2D eigenvalue weighted by molar-refractivity contribution is 6.05. The number of likely N-dealkylation sites (tertiary alicyclic amines) is 1. The number of aromatic nitrogens is 2. The number of pyridine rings is 1. The number of hydrogen-bond acceptors (Lipinski definition) is 4. The van der Waals surface area contributed by atoms with Gasteiger partial charge in [0.15, 0.2) is 0 Å². The second-order valence-electron chi connectivity index (χ2n) is 7.59. The minimum absolute atomic E-state index is 0.206. The number of nitrogens with zero attached hydrogens (tertiary/aromatic N) is 3. The van der Waals surface area contributed by atoms with Crippen molar-refractivity contribution in [2.24, 2.45) is 18.7 Å². The van der Waals surface area contributed by atoms with Gasteiger partial charge in [-0.1, -0.05) is 0 Å². The Bertz CT molecular complexity index is 970. The normalized spacial score (nSPS) is 16.6. The Labute approximate surface area is 162 Å². The lowest BCUT2D eigenvalue weighted by molar-refractivity contribution is -0.125. The summed E-state index contributed by atoms with van der Waals surface area (Å²) in [6.07, 6.45) is 3.82. The molecule has 2 aromatic rings. The number of carbonyl (C=O) groups is 3. The first kappa shape index (κ1) is 18.2. The molecule has 1 saturated carbocycles. The summed E-state index contributed by atoms with van der Waals surface area (Å²) in [6.45, 7) is 2.57. The maximum atomic E-state index is 12.7. The quantitative estimate of drug-likeness (QED) is 0.816. The molecule has 4 rings (SSSR count). The van der Waals surface area contributed by atoms with Gasteiger partial charge in [-0.15, -0.1) is 0 Å². The van der Waals surface area contributed by atoms with E-state index in [0.29, 0.717) is 36.0 Å². The van der Waals surface area contributed by atoms with Crippen molar-refractivity contribution in [3.63, 3.8) is 0 Å². The van der Waals surface area contributed by atoms with Gasteiger partial charge >= 0.3 is 0 Å². The third-order valence-corrected chi connectivity index (χ3v) is 5.63. The van der Waals surface area contributed by atoms with Crippen LogP contribution in [0.15, 0.2) is 24.4 Å². The highest BCUT2D eigenvalue weighted by atomic mass is 16.2. The van der Waals surface area contributed by atoms with Crippen molar-refractivity contribution < 1.29 is 14.4 Å². The molecule has 2 aromatic heterocycles. The van der Waals surface area contributed by atoms with Crippen LogP contribution in [-0.4, -0.2) is 45.3 Å². The van der Waals surface area contributed by atoms with Crippen LogP contribution in [0.3, 0.4) is 0 Å². The van der Waals surface area contributed by atoms with Crippen LogP contribution in [-0.2, 0) is 11.8 Å². The van der Waals surface area contributed by atoms with Gasteiger partial charge in [0.1, 0.15) is 5.82 Å².